The summed E-state index contributed by atoms with van der Waals surface area (Å²) in [7, 11) is 0. The van der Waals surface area contributed by atoms with Gasteiger partial charge in [0.05, 0.1) is 0 Å². The Morgan fingerprint density at radius 3 is 2.52 bits per heavy atom. The molecule has 2 rings (SSSR count). The van der Waals surface area contributed by atoms with E-state index in [4.69, 9.17) is 0 Å². The minimum Gasteiger partial charge on any atom is -0.310 e. The number of benzene rings is 1. The van der Waals surface area contributed by atoms with E-state index in [1.807, 2.05) is 12.3 Å². The third kappa shape index (κ3) is 5.68. The molecule has 1 N–H and O–H groups in total. The SMILES string of the molecule is CCCCCC(NCCc1ccccn1)c1ccccc1. The molecule has 112 valence electrons. The number of nitrogens with one attached hydrogen (secondary N) is 1. The largest absolute Gasteiger partial charge is 0.310 e. The lowest BCUT2D eigenvalue weighted by atomic mass is 10.0. The molecule has 0 radical (unpaired) electrons. The smallest absolute Gasteiger partial charge is 0.0416 e. The first-order chi connectivity index (χ1) is 10.4. The van der Waals surface area contributed by atoms with E-state index in [1.54, 1.807) is 0 Å². The fourth-order valence-electron chi connectivity index (χ4n) is 2.59. The highest BCUT2D eigenvalue weighted by Gasteiger charge is 2.09. The highest BCUT2D eigenvalue weighted by Crippen LogP contribution is 2.19. The maximum Gasteiger partial charge on any atom is 0.0416 e. The van der Waals surface area contributed by atoms with Gasteiger partial charge >= 0.3 is 0 Å². The molecule has 1 atom stereocenters. The molecule has 0 amide bonds. The minimum atomic E-state index is 0.460. The van der Waals surface area contributed by atoms with E-state index in [-0.39, 0.29) is 0 Å². The molecule has 0 aliphatic rings. The van der Waals surface area contributed by atoms with Gasteiger partial charge in [-0.3, -0.25) is 4.98 Å². The zero-order valence-electron chi connectivity index (χ0n) is 13.0. The van der Waals surface area contributed by atoms with Crippen LogP contribution in [0, 0.1) is 0 Å². The van der Waals surface area contributed by atoms with Crippen molar-refractivity contribution in [2.75, 3.05) is 6.54 Å². The van der Waals surface area contributed by atoms with E-state index < -0.39 is 0 Å². The molecule has 2 heteroatoms. The zero-order chi connectivity index (χ0) is 14.8. The molecule has 0 spiro atoms. The van der Waals surface area contributed by atoms with Crippen LogP contribution in [0.15, 0.2) is 54.7 Å². The van der Waals surface area contributed by atoms with Gasteiger partial charge in [0.25, 0.3) is 0 Å². The summed E-state index contributed by atoms with van der Waals surface area (Å²) >= 11 is 0. The van der Waals surface area contributed by atoms with Crippen molar-refractivity contribution >= 4 is 0 Å². The Kier molecular flexibility index (Phi) is 6.96. The second kappa shape index (κ2) is 9.30. The van der Waals surface area contributed by atoms with Crippen molar-refractivity contribution in [1.82, 2.24) is 10.3 Å². The Hall–Kier alpha value is -1.67. The van der Waals surface area contributed by atoms with Crippen LogP contribution in [0.25, 0.3) is 0 Å². The molecule has 1 unspecified atom stereocenters. The minimum absolute atomic E-state index is 0.460. The third-order valence-corrected chi connectivity index (χ3v) is 3.80. The predicted octanol–water partition coefficient (Wildman–Crippen LogP) is 4.54. The molecular weight excluding hydrogens is 256 g/mol. The number of aromatic nitrogens is 1. The number of unbranched alkanes of at least 4 members (excludes halogenated alkanes) is 2. The number of hydrogen-bond donors (Lipinski definition) is 1. The second-order valence-corrected chi connectivity index (χ2v) is 5.48. The van der Waals surface area contributed by atoms with E-state index in [0.717, 1.165) is 18.7 Å². The first-order valence-corrected chi connectivity index (χ1v) is 8.08. The van der Waals surface area contributed by atoms with Gasteiger partial charge in [0.2, 0.25) is 0 Å². The molecule has 1 aromatic heterocycles. The maximum atomic E-state index is 4.38. The maximum absolute atomic E-state index is 4.38. The summed E-state index contributed by atoms with van der Waals surface area (Å²) in [4.78, 5) is 4.38. The van der Waals surface area contributed by atoms with E-state index in [1.165, 1.54) is 31.2 Å². The summed E-state index contributed by atoms with van der Waals surface area (Å²) < 4.78 is 0. The normalized spacial score (nSPS) is 12.2. The van der Waals surface area contributed by atoms with Crippen LogP contribution in [0.4, 0.5) is 0 Å². The average Bonchev–Trinajstić information content (AvgIpc) is 2.55. The molecular formula is C19H26N2. The van der Waals surface area contributed by atoms with Gasteiger partial charge in [-0.2, -0.15) is 0 Å². The van der Waals surface area contributed by atoms with E-state index >= 15 is 0 Å². The molecule has 0 bridgehead atoms. The standard InChI is InChI=1S/C19H26N2/c1-2-3-5-13-19(17-10-6-4-7-11-17)21-16-14-18-12-8-9-15-20-18/h4,6-12,15,19,21H,2-3,5,13-14,16H2,1H3. The lowest BCUT2D eigenvalue weighted by molar-refractivity contribution is 0.476. The van der Waals surface area contributed by atoms with Crippen LogP contribution in [0.5, 0.6) is 0 Å². The molecule has 0 aliphatic heterocycles. The van der Waals surface area contributed by atoms with Crippen molar-refractivity contribution in [3.8, 4) is 0 Å². The Morgan fingerprint density at radius 2 is 1.81 bits per heavy atom. The first-order valence-electron chi connectivity index (χ1n) is 8.08. The molecule has 1 heterocycles. The summed E-state index contributed by atoms with van der Waals surface area (Å²) in [5.74, 6) is 0. The van der Waals surface area contributed by atoms with Gasteiger partial charge < -0.3 is 5.32 Å². The van der Waals surface area contributed by atoms with Crippen molar-refractivity contribution in [1.29, 1.82) is 0 Å². The Bertz CT molecular complexity index is 481. The van der Waals surface area contributed by atoms with Crippen molar-refractivity contribution < 1.29 is 0 Å². The summed E-state index contributed by atoms with van der Waals surface area (Å²) in [6, 6.07) is 17.4. The van der Waals surface area contributed by atoms with Gasteiger partial charge in [-0.1, -0.05) is 62.6 Å². The second-order valence-electron chi connectivity index (χ2n) is 5.48. The van der Waals surface area contributed by atoms with Crippen LogP contribution in [0.1, 0.15) is 49.9 Å². The molecule has 1 aromatic carbocycles. The van der Waals surface area contributed by atoms with Gasteiger partial charge in [-0.15, -0.1) is 0 Å². The molecule has 0 fully saturated rings. The lowest BCUT2D eigenvalue weighted by Gasteiger charge is -2.19. The van der Waals surface area contributed by atoms with Crippen LogP contribution >= 0.6 is 0 Å². The van der Waals surface area contributed by atoms with Crippen LogP contribution < -0.4 is 5.32 Å². The van der Waals surface area contributed by atoms with E-state index in [0.29, 0.717) is 6.04 Å². The topological polar surface area (TPSA) is 24.9 Å². The number of pyridine rings is 1. The lowest BCUT2D eigenvalue weighted by Crippen LogP contribution is -2.24. The molecule has 21 heavy (non-hydrogen) atoms. The van der Waals surface area contributed by atoms with Gasteiger partial charge in [-0.25, -0.2) is 0 Å². The van der Waals surface area contributed by atoms with Crippen molar-refractivity contribution in [2.45, 2.75) is 45.1 Å². The molecule has 2 nitrogen and oxygen atoms in total. The number of nitrogens with zero attached hydrogens (tertiary/aromatic N) is 1. The van der Waals surface area contributed by atoms with Crippen LogP contribution in [0.3, 0.4) is 0 Å². The summed E-state index contributed by atoms with van der Waals surface area (Å²) in [5, 5.41) is 3.70. The van der Waals surface area contributed by atoms with Gasteiger partial charge in [-0.05, 0) is 24.1 Å². The van der Waals surface area contributed by atoms with Gasteiger partial charge in [0.1, 0.15) is 0 Å². The average molecular weight is 282 g/mol. The highest BCUT2D eigenvalue weighted by atomic mass is 14.9. The molecule has 0 saturated heterocycles. The molecule has 0 aliphatic carbocycles. The monoisotopic (exact) mass is 282 g/mol. The van der Waals surface area contributed by atoms with Crippen LogP contribution in [-0.2, 0) is 6.42 Å². The Morgan fingerprint density at radius 1 is 1.00 bits per heavy atom. The van der Waals surface area contributed by atoms with E-state index in [2.05, 4.69) is 59.7 Å². The van der Waals surface area contributed by atoms with Crippen molar-refractivity contribution in [3.05, 3.63) is 66.0 Å². The first kappa shape index (κ1) is 15.7. The van der Waals surface area contributed by atoms with Gasteiger partial charge in [0.15, 0.2) is 0 Å². The quantitative estimate of drug-likeness (QED) is 0.683. The predicted molar refractivity (Wildman–Crippen MR) is 89.3 cm³/mol. The molecule has 2 aromatic rings. The van der Waals surface area contributed by atoms with Crippen LogP contribution in [-0.4, -0.2) is 11.5 Å². The fraction of sp³-hybridized carbons (Fsp3) is 0.421. The third-order valence-electron chi connectivity index (χ3n) is 3.80. The summed E-state index contributed by atoms with van der Waals surface area (Å²) in [6.07, 6.45) is 7.93. The highest BCUT2D eigenvalue weighted by molar-refractivity contribution is 5.18. The van der Waals surface area contributed by atoms with Crippen molar-refractivity contribution in [2.24, 2.45) is 0 Å². The number of rotatable bonds is 9. The Balaban J connectivity index is 1.86. The van der Waals surface area contributed by atoms with Gasteiger partial charge in [0, 0.05) is 30.9 Å². The summed E-state index contributed by atoms with van der Waals surface area (Å²) in [6.45, 7) is 3.23. The number of hydrogen-bond acceptors (Lipinski definition) is 2. The van der Waals surface area contributed by atoms with E-state index in [9.17, 15) is 0 Å². The molecule has 0 saturated carbocycles. The van der Waals surface area contributed by atoms with Crippen molar-refractivity contribution in [3.63, 3.8) is 0 Å². The zero-order valence-corrected chi connectivity index (χ0v) is 13.0. The summed E-state index contributed by atoms with van der Waals surface area (Å²) in [5.41, 5.74) is 2.56. The fourth-order valence-corrected chi connectivity index (χ4v) is 2.59. The van der Waals surface area contributed by atoms with Crippen LogP contribution in [0.2, 0.25) is 0 Å². The Labute approximate surface area is 128 Å².